The third kappa shape index (κ3) is 8.68. The van der Waals surface area contributed by atoms with Crippen molar-refractivity contribution in [2.75, 3.05) is 26.3 Å². The number of rotatable bonds is 14. The SMILES string of the molecule is C#CCO[C@H]1C[C@H](n2cc(C(F)(F)F)c(=O)[nH]c2=O)O[C@@H]1COC(=O)[C@@H]1CCCN1CCCCCCCCC. The monoisotopic (exact) mass is 557 g/mol. The maximum absolute atomic E-state index is 13.2. The highest BCUT2D eigenvalue weighted by atomic mass is 19.4. The number of likely N-dealkylation sites (tertiary alicyclic amines) is 1. The fraction of sp³-hybridized carbons (Fsp3) is 0.741. The number of H-pyrrole nitrogens is 1. The van der Waals surface area contributed by atoms with Crippen LogP contribution in [-0.2, 0) is 25.2 Å². The Morgan fingerprint density at radius 2 is 1.92 bits per heavy atom. The number of esters is 1. The van der Waals surface area contributed by atoms with Gasteiger partial charge in [-0.15, -0.1) is 6.42 Å². The zero-order chi connectivity index (χ0) is 28.4. The smallest absolute Gasteiger partial charge is 0.423 e. The summed E-state index contributed by atoms with van der Waals surface area (Å²) in [5.74, 6) is 1.92. The molecule has 3 rings (SSSR count). The van der Waals surface area contributed by atoms with Crippen molar-refractivity contribution in [3.63, 3.8) is 0 Å². The maximum atomic E-state index is 13.2. The van der Waals surface area contributed by atoms with E-state index in [2.05, 4.69) is 17.7 Å². The van der Waals surface area contributed by atoms with Gasteiger partial charge in [-0.2, -0.15) is 13.2 Å². The number of carbonyl (C=O) groups is 1. The van der Waals surface area contributed by atoms with Crippen molar-refractivity contribution < 1.29 is 32.2 Å². The van der Waals surface area contributed by atoms with Crippen LogP contribution in [0.3, 0.4) is 0 Å². The summed E-state index contributed by atoms with van der Waals surface area (Å²) in [6, 6.07) is -0.358. The van der Waals surface area contributed by atoms with Crippen LogP contribution in [0.2, 0.25) is 0 Å². The molecule has 1 aromatic rings. The minimum absolute atomic E-state index is 0.0268. The number of hydrogen-bond donors (Lipinski definition) is 1. The summed E-state index contributed by atoms with van der Waals surface area (Å²) >= 11 is 0. The highest BCUT2D eigenvalue weighted by Crippen LogP contribution is 2.32. The molecule has 2 saturated heterocycles. The van der Waals surface area contributed by atoms with Crippen molar-refractivity contribution in [2.24, 2.45) is 0 Å². The molecule has 3 heterocycles. The van der Waals surface area contributed by atoms with Crippen LogP contribution in [0.25, 0.3) is 0 Å². The first-order valence-electron chi connectivity index (χ1n) is 13.7. The van der Waals surface area contributed by atoms with Crippen molar-refractivity contribution >= 4 is 5.97 Å². The van der Waals surface area contributed by atoms with Gasteiger partial charge in [-0.05, 0) is 32.4 Å². The third-order valence-electron chi connectivity index (χ3n) is 7.22. The number of halogens is 3. The predicted octanol–water partition coefficient (Wildman–Crippen LogP) is 3.62. The van der Waals surface area contributed by atoms with Gasteiger partial charge in [0.25, 0.3) is 5.56 Å². The van der Waals surface area contributed by atoms with Gasteiger partial charge in [0.1, 0.15) is 37.2 Å². The van der Waals surface area contributed by atoms with Crippen molar-refractivity contribution in [3.8, 4) is 12.3 Å². The van der Waals surface area contributed by atoms with E-state index in [0.29, 0.717) is 17.2 Å². The standard InChI is InChI=1S/C27H38F3N3O6/c1-3-5-6-7-8-9-10-13-32-14-11-12-20(32)25(35)38-18-22-21(37-15-4-2)16-23(39-22)33-17-19(27(28,29)30)24(34)31-26(33)36/h2,17,20-23H,3,5-16,18H2,1H3,(H,31,34,36)/t20-,21-,22+,23+/m0/s1. The van der Waals surface area contributed by atoms with E-state index in [1.165, 1.54) is 32.1 Å². The molecule has 1 N–H and O–H groups in total. The number of nitrogens with one attached hydrogen (secondary N) is 1. The quantitative estimate of drug-likeness (QED) is 0.212. The zero-order valence-corrected chi connectivity index (χ0v) is 22.3. The molecule has 2 aliphatic rings. The van der Waals surface area contributed by atoms with Gasteiger partial charge in [0.15, 0.2) is 0 Å². The van der Waals surface area contributed by atoms with Gasteiger partial charge in [-0.25, -0.2) is 4.79 Å². The van der Waals surface area contributed by atoms with Crippen LogP contribution >= 0.6 is 0 Å². The molecule has 0 aliphatic carbocycles. The number of unbranched alkanes of at least 4 members (excludes halogenated alkanes) is 6. The Morgan fingerprint density at radius 1 is 1.21 bits per heavy atom. The normalized spacial score (nSPS) is 23.7. The summed E-state index contributed by atoms with van der Waals surface area (Å²) in [6.45, 7) is 3.52. The molecular weight excluding hydrogens is 519 g/mol. The predicted molar refractivity (Wildman–Crippen MR) is 137 cm³/mol. The molecule has 0 spiro atoms. The zero-order valence-electron chi connectivity index (χ0n) is 22.3. The molecular formula is C27H38F3N3O6. The topological polar surface area (TPSA) is 103 Å². The van der Waals surface area contributed by atoms with Gasteiger partial charge in [-0.1, -0.05) is 51.4 Å². The van der Waals surface area contributed by atoms with Crippen LogP contribution in [0.1, 0.15) is 82.9 Å². The Kier molecular flexibility index (Phi) is 11.6. The van der Waals surface area contributed by atoms with Crippen molar-refractivity contribution in [1.29, 1.82) is 0 Å². The second-order valence-corrected chi connectivity index (χ2v) is 10.1. The first kappa shape index (κ1) is 30.9. The number of carbonyl (C=O) groups excluding carboxylic acids is 1. The van der Waals surface area contributed by atoms with E-state index in [9.17, 15) is 27.6 Å². The number of terminal acetylenes is 1. The molecule has 9 nitrogen and oxygen atoms in total. The number of aromatic nitrogens is 2. The van der Waals surface area contributed by atoms with Crippen LogP contribution in [-0.4, -0.2) is 65.0 Å². The summed E-state index contributed by atoms with van der Waals surface area (Å²) in [5, 5.41) is 0. The van der Waals surface area contributed by atoms with Crippen molar-refractivity contribution in [1.82, 2.24) is 14.5 Å². The lowest BCUT2D eigenvalue weighted by Crippen LogP contribution is -2.40. The van der Waals surface area contributed by atoms with Crippen LogP contribution < -0.4 is 11.2 Å². The molecule has 218 valence electrons. The molecule has 0 unspecified atom stereocenters. The maximum Gasteiger partial charge on any atom is 0.423 e. The molecule has 39 heavy (non-hydrogen) atoms. The Hall–Kier alpha value is -2.62. The lowest BCUT2D eigenvalue weighted by atomic mass is 10.1. The fourth-order valence-corrected chi connectivity index (χ4v) is 5.15. The summed E-state index contributed by atoms with van der Waals surface area (Å²) in [5.41, 5.74) is -4.12. The highest BCUT2D eigenvalue weighted by Gasteiger charge is 2.41. The van der Waals surface area contributed by atoms with Gasteiger partial charge in [0.2, 0.25) is 0 Å². The van der Waals surface area contributed by atoms with Crippen LogP contribution in [0.15, 0.2) is 15.8 Å². The summed E-state index contributed by atoms with van der Waals surface area (Å²) in [6.07, 6.45) is 7.80. The average molecular weight is 558 g/mol. The van der Waals surface area contributed by atoms with Gasteiger partial charge in [0, 0.05) is 12.6 Å². The number of alkyl halides is 3. The molecule has 0 saturated carbocycles. The molecule has 1 aromatic heterocycles. The van der Waals surface area contributed by atoms with Crippen molar-refractivity contribution in [3.05, 3.63) is 32.6 Å². The van der Waals surface area contributed by atoms with Crippen molar-refractivity contribution in [2.45, 2.75) is 102 Å². The van der Waals surface area contributed by atoms with E-state index in [1.807, 2.05) is 0 Å². The molecule has 0 aromatic carbocycles. The lowest BCUT2D eigenvalue weighted by Gasteiger charge is -2.24. The van der Waals surface area contributed by atoms with Crippen LogP contribution in [0.4, 0.5) is 13.2 Å². The summed E-state index contributed by atoms with van der Waals surface area (Å²) in [4.78, 5) is 40.7. The number of nitrogens with zero attached hydrogens (tertiary/aromatic N) is 2. The summed E-state index contributed by atoms with van der Waals surface area (Å²) in [7, 11) is 0. The lowest BCUT2D eigenvalue weighted by molar-refractivity contribution is -0.156. The minimum Gasteiger partial charge on any atom is -0.462 e. The Morgan fingerprint density at radius 3 is 2.62 bits per heavy atom. The fourth-order valence-electron chi connectivity index (χ4n) is 5.15. The largest absolute Gasteiger partial charge is 0.462 e. The summed E-state index contributed by atoms with van der Waals surface area (Å²) < 4.78 is 57.3. The second kappa shape index (κ2) is 14.7. The molecule has 12 heteroatoms. The van der Waals surface area contributed by atoms with E-state index in [1.54, 1.807) is 4.98 Å². The number of hydrogen-bond acceptors (Lipinski definition) is 7. The van der Waals surface area contributed by atoms with E-state index < -0.39 is 47.4 Å². The molecule has 0 amide bonds. The minimum atomic E-state index is -4.96. The molecule has 2 aliphatic heterocycles. The van der Waals surface area contributed by atoms with E-state index in [0.717, 1.165) is 32.4 Å². The number of ether oxygens (including phenoxy) is 3. The number of aromatic amines is 1. The first-order valence-corrected chi connectivity index (χ1v) is 13.7. The highest BCUT2D eigenvalue weighted by molar-refractivity contribution is 5.76. The Labute approximate surface area is 226 Å². The molecule has 2 fully saturated rings. The van der Waals surface area contributed by atoms with Crippen LogP contribution in [0.5, 0.6) is 0 Å². The van der Waals surface area contributed by atoms with Gasteiger partial charge >= 0.3 is 17.8 Å². The molecule has 0 radical (unpaired) electrons. The van der Waals surface area contributed by atoms with Gasteiger partial charge in [0.05, 0.1) is 6.10 Å². The molecule has 4 atom stereocenters. The Balaban J connectivity index is 1.58. The van der Waals surface area contributed by atoms with Crippen LogP contribution in [0, 0.1) is 12.3 Å². The second-order valence-electron chi connectivity index (χ2n) is 10.1. The first-order chi connectivity index (χ1) is 18.7. The average Bonchev–Trinajstić information content (AvgIpc) is 3.51. The van der Waals surface area contributed by atoms with E-state index in [-0.39, 0.29) is 25.7 Å². The van der Waals surface area contributed by atoms with E-state index in [4.69, 9.17) is 20.6 Å². The van der Waals surface area contributed by atoms with Gasteiger partial charge in [-0.3, -0.25) is 24.0 Å². The third-order valence-corrected chi connectivity index (χ3v) is 7.22. The Bertz CT molecular complexity index is 1100. The van der Waals surface area contributed by atoms with Gasteiger partial charge < -0.3 is 14.2 Å². The molecule has 0 bridgehead atoms. The van der Waals surface area contributed by atoms with E-state index >= 15 is 0 Å².